The third kappa shape index (κ3) is 3.32. The van der Waals surface area contributed by atoms with Crippen molar-refractivity contribution in [1.82, 2.24) is 4.98 Å². The number of rotatable bonds is 4. The zero-order valence-electron chi connectivity index (χ0n) is 12.4. The highest BCUT2D eigenvalue weighted by Gasteiger charge is 2.12. The number of carbonyl (C=O) groups excluding carboxylic acids is 1. The minimum Gasteiger partial charge on any atom is -0.361 e. The largest absolute Gasteiger partial charge is 0.361 e. The first kappa shape index (κ1) is 15.4. The van der Waals surface area contributed by atoms with Gasteiger partial charge in [0, 0.05) is 23.4 Å². The summed E-state index contributed by atoms with van der Waals surface area (Å²) in [5.74, 6) is -0.585. The minimum absolute atomic E-state index is 0.105. The van der Waals surface area contributed by atoms with Gasteiger partial charge in [0.1, 0.15) is 5.82 Å². The van der Waals surface area contributed by atoms with E-state index in [1.165, 1.54) is 12.1 Å². The molecule has 0 aliphatic rings. The molecule has 0 radical (unpaired) electrons. The second-order valence-corrected chi connectivity index (χ2v) is 6.53. The first-order chi connectivity index (χ1) is 11.0. The van der Waals surface area contributed by atoms with Gasteiger partial charge < -0.3 is 10.3 Å². The monoisotopic (exact) mass is 330 g/mol. The standard InChI is InChI=1S/C17H15FN2O2S/c1-23(22)16-5-3-2-4-15(16)20-17(21)8-11-10-19-14-7-6-12(18)9-13(11)14/h2-7,9-10,19H,8H2,1H3,(H,20,21). The topological polar surface area (TPSA) is 62.0 Å². The number of fused-ring (bicyclic) bond motifs is 1. The first-order valence-electron chi connectivity index (χ1n) is 7.02. The van der Waals surface area contributed by atoms with E-state index in [1.807, 2.05) is 0 Å². The molecule has 0 bridgehead atoms. The molecule has 0 aliphatic heterocycles. The van der Waals surface area contributed by atoms with Crippen LogP contribution < -0.4 is 5.32 Å². The van der Waals surface area contributed by atoms with Crippen molar-refractivity contribution in [2.24, 2.45) is 0 Å². The molecule has 3 rings (SSSR count). The molecule has 0 saturated heterocycles. The van der Waals surface area contributed by atoms with Crippen LogP contribution in [0.1, 0.15) is 5.56 Å². The third-order valence-corrected chi connectivity index (χ3v) is 4.53. The Morgan fingerprint density at radius 1 is 1.26 bits per heavy atom. The summed E-state index contributed by atoms with van der Waals surface area (Å²) in [4.78, 5) is 15.9. The van der Waals surface area contributed by atoms with Crippen LogP contribution in [0.5, 0.6) is 0 Å². The number of anilines is 1. The van der Waals surface area contributed by atoms with Gasteiger partial charge in [-0.3, -0.25) is 9.00 Å². The average Bonchev–Trinajstić information content (AvgIpc) is 2.90. The molecule has 0 spiro atoms. The smallest absolute Gasteiger partial charge is 0.228 e. The summed E-state index contributed by atoms with van der Waals surface area (Å²) in [6.07, 6.45) is 3.37. The number of hydrogen-bond acceptors (Lipinski definition) is 2. The molecular formula is C17H15FN2O2S. The predicted molar refractivity (Wildman–Crippen MR) is 89.4 cm³/mol. The number of halogens is 1. The van der Waals surface area contributed by atoms with E-state index in [0.717, 1.165) is 5.52 Å². The Morgan fingerprint density at radius 3 is 2.83 bits per heavy atom. The molecular weight excluding hydrogens is 315 g/mol. The van der Waals surface area contributed by atoms with Crippen LogP contribution in [0.25, 0.3) is 10.9 Å². The van der Waals surface area contributed by atoms with Crippen LogP contribution in [0, 0.1) is 5.82 Å². The van der Waals surface area contributed by atoms with Crippen molar-refractivity contribution in [3.8, 4) is 0 Å². The maximum atomic E-state index is 13.4. The third-order valence-electron chi connectivity index (χ3n) is 3.55. The van der Waals surface area contributed by atoms with Crippen molar-refractivity contribution in [3.05, 3.63) is 60.0 Å². The molecule has 0 fully saturated rings. The molecule has 1 heterocycles. The molecule has 23 heavy (non-hydrogen) atoms. The number of para-hydroxylation sites is 1. The van der Waals surface area contributed by atoms with Crippen molar-refractivity contribution in [3.63, 3.8) is 0 Å². The summed E-state index contributed by atoms with van der Waals surface area (Å²) in [6, 6.07) is 11.4. The lowest BCUT2D eigenvalue weighted by Gasteiger charge is -2.09. The van der Waals surface area contributed by atoms with Crippen LogP contribution >= 0.6 is 0 Å². The van der Waals surface area contributed by atoms with Gasteiger partial charge in [-0.1, -0.05) is 12.1 Å². The molecule has 1 atom stereocenters. The molecule has 2 aromatic carbocycles. The highest BCUT2D eigenvalue weighted by molar-refractivity contribution is 7.84. The molecule has 118 valence electrons. The van der Waals surface area contributed by atoms with Crippen LogP contribution in [-0.4, -0.2) is 21.4 Å². The highest BCUT2D eigenvalue weighted by Crippen LogP contribution is 2.22. The quantitative estimate of drug-likeness (QED) is 0.771. The lowest BCUT2D eigenvalue weighted by molar-refractivity contribution is -0.115. The SMILES string of the molecule is CS(=O)c1ccccc1NC(=O)Cc1c[nH]c2ccc(F)cc12. The van der Waals surface area contributed by atoms with Gasteiger partial charge in [-0.2, -0.15) is 0 Å². The summed E-state index contributed by atoms with van der Waals surface area (Å²) in [6.45, 7) is 0. The molecule has 6 heteroatoms. The van der Waals surface area contributed by atoms with Gasteiger partial charge in [-0.05, 0) is 35.9 Å². The van der Waals surface area contributed by atoms with E-state index in [0.29, 0.717) is 21.5 Å². The summed E-state index contributed by atoms with van der Waals surface area (Å²) in [7, 11) is -1.19. The van der Waals surface area contributed by atoms with Gasteiger partial charge in [0.25, 0.3) is 0 Å². The molecule has 1 aromatic heterocycles. The van der Waals surface area contributed by atoms with E-state index in [2.05, 4.69) is 10.3 Å². The van der Waals surface area contributed by atoms with Gasteiger partial charge in [0.05, 0.1) is 27.8 Å². The Kier molecular flexibility index (Phi) is 4.25. The number of benzene rings is 2. The molecule has 1 amide bonds. The van der Waals surface area contributed by atoms with E-state index in [4.69, 9.17) is 0 Å². The molecule has 0 aliphatic carbocycles. The number of carbonyl (C=O) groups is 1. The zero-order chi connectivity index (χ0) is 16.4. The second kappa shape index (κ2) is 6.34. The van der Waals surface area contributed by atoms with Crippen LogP contribution in [0.3, 0.4) is 0 Å². The Morgan fingerprint density at radius 2 is 2.04 bits per heavy atom. The van der Waals surface area contributed by atoms with Crippen molar-refractivity contribution in [1.29, 1.82) is 0 Å². The Hall–Kier alpha value is -2.47. The van der Waals surface area contributed by atoms with Gasteiger partial charge in [-0.15, -0.1) is 0 Å². The number of amides is 1. The second-order valence-electron chi connectivity index (χ2n) is 5.18. The minimum atomic E-state index is -1.19. The van der Waals surface area contributed by atoms with Crippen LogP contribution in [0.15, 0.2) is 53.6 Å². The molecule has 2 N–H and O–H groups in total. The number of hydrogen-bond donors (Lipinski definition) is 2. The fraction of sp³-hybridized carbons (Fsp3) is 0.118. The molecule has 3 aromatic rings. The van der Waals surface area contributed by atoms with Gasteiger partial charge in [0.15, 0.2) is 0 Å². The highest BCUT2D eigenvalue weighted by atomic mass is 32.2. The fourth-order valence-corrected chi connectivity index (χ4v) is 3.18. The van der Waals surface area contributed by atoms with Crippen molar-refractivity contribution in [2.75, 3.05) is 11.6 Å². The first-order valence-corrected chi connectivity index (χ1v) is 8.58. The van der Waals surface area contributed by atoms with E-state index < -0.39 is 10.8 Å². The Labute approximate surface area is 135 Å². The summed E-state index contributed by atoms with van der Waals surface area (Å²) < 4.78 is 25.1. The predicted octanol–water partition coefficient (Wildman–Crippen LogP) is 3.23. The normalized spacial score (nSPS) is 12.3. The Bertz CT molecular complexity index is 904. The fourth-order valence-electron chi connectivity index (χ4n) is 2.48. The summed E-state index contributed by atoms with van der Waals surface area (Å²) >= 11 is 0. The molecule has 4 nitrogen and oxygen atoms in total. The van der Waals surface area contributed by atoms with Crippen LogP contribution in [0.2, 0.25) is 0 Å². The van der Waals surface area contributed by atoms with Crippen molar-refractivity contribution in [2.45, 2.75) is 11.3 Å². The van der Waals surface area contributed by atoms with Crippen molar-refractivity contribution >= 4 is 33.3 Å². The van der Waals surface area contributed by atoms with E-state index in [1.54, 1.807) is 42.8 Å². The zero-order valence-corrected chi connectivity index (χ0v) is 13.2. The van der Waals surface area contributed by atoms with E-state index >= 15 is 0 Å². The average molecular weight is 330 g/mol. The summed E-state index contributed by atoms with van der Waals surface area (Å²) in [5.41, 5.74) is 2.03. The van der Waals surface area contributed by atoms with Gasteiger partial charge in [0.2, 0.25) is 5.91 Å². The summed E-state index contributed by atoms with van der Waals surface area (Å²) in [5, 5.41) is 3.46. The number of aromatic nitrogens is 1. The maximum absolute atomic E-state index is 13.4. The van der Waals surface area contributed by atoms with Crippen molar-refractivity contribution < 1.29 is 13.4 Å². The lowest BCUT2D eigenvalue weighted by Crippen LogP contribution is -2.15. The number of aromatic amines is 1. The maximum Gasteiger partial charge on any atom is 0.228 e. The number of nitrogens with one attached hydrogen (secondary N) is 2. The Balaban J connectivity index is 1.82. The van der Waals surface area contributed by atoms with E-state index in [-0.39, 0.29) is 18.1 Å². The number of H-pyrrole nitrogens is 1. The molecule has 1 unspecified atom stereocenters. The van der Waals surface area contributed by atoms with Gasteiger partial charge >= 0.3 is 0 Å². The van der Waals surface area contributed by atoms with E-state index in [9.17, 15) is 13.4 Å². The van der Waals surface area contributed by atoms with Crippen LogP contribution in [-0.2, 0) is 22.0 Å². The lowest BCUT2D eigenvalue weighted by atomic mass is 10.1. The van der Waals surface area contributed by atoms with Gasteiger partial charge in [-0.25, -0.2) is 4.39 Å². The van der Waals surface area contributed by atoms with Crippen LogP contribution in [0.4, 0.5) is 10.1 Å². The molecule has 0 saturated carbocycles.